The number of nitrogens with one attached hydrogen (secondary N) is 2. The summed E-state index contributed by atoms with van der Waals surface area (Å²) in [5, 5.41) is 0. The highest BCUT2D eigenvalue weighted by atomic mass is 15.3. The molecule has 0 aromatic rings. The van der Waals surface area contributed by atoms with Crippen molar-refractivity contribution in [1.82, 2.24) is 10.9 Å². The van der Waals surface area contributed by atoms with Gasteiger partial charge in [0.05, 0.1) is 6.04 Å². The van der Waals surface area contributed by atoms with E-state index in [1.165, 1.54) is 0 Å². The first-order valence-electron chi connectivity index (χ1n) is 3.02. The molecular formula is C7H14N2. The van der Waals surface area contributed by atoms with Crippen molar-refractivity contribution in [3.63, 3.8) is 0 Å². The largest absolute Gasteiger partial charge is 0.260 e. The van der Waals surface area contributed by atoms with Crippen molar-refractivity contribution in [2.45, 2.75) is 13.0 Å². The minimum Gasteiger partial charge on any atom is -0.260 e. The molecule has 0 saturated heterocycles. The van der Waals surface area contributed by atoms with Gasteiger partial charge >= 0.3 is 0 Å². The lowest BCUT2D eigenvalue weighted by Gasteiger charge is -2.06. The molecule has 0 bridgehead atoms. The van der Waals surface area contributed by atoms with Crippen LogP contribution in [0.5, 0.6) is 0 Å². The van der Waals surface area contributed by atoms with Crippen molar-refractivity contribution in [3.8, 4) is 0 Å². The predicted molar refractivity (Wildman–Crippen MR) is 41.0 cm³/mol. The molecule has 9 heavy (non-hydrogen) atoms. The Labute approximate surface area is 56.6 Å². The standard InChI is InChI=1S/C7H14N2/c1-4-6-7(5-2)9-8-3/h4-9H,2H2,1,3H3/b6-4-. The molecule has 2 N–H and O–H groups in total. The van der Waals surface area contributed by atoms with Gasteiger partial charge in [-0.05, 0) is 14.0 Å². The Morgan fingerprint density at radius 3 is 2.56 bits per heavy atom. The first-order chi connectivity index (χ1) is 4.35. The van der Waals surface area contributed by atoms with Crippen LogP contribution in [0.15, 0.2) is 24.8 Å². The molecule has 0 rings (SSSR count). The van der Waals surface area contributed by atoms with Gasteiger partial charge in [-0.25, -0.2) is 5.43 Å². The Kier molecular flexibility index (Phi) is 5.17. The number of hydrazine groups is 1. The summed E-state index contributed by atoms with van der Waals surface area (Å²) < 4.78 is 0. The van der Waals surface area contributed by atoms with Gasteiger partial charge in [0.2, 0.25) is 0 Å². The maximum absolute atomic E-state index is 3.64. The quantitative estimate of drug-likeness (QED) is 0.431. The van der Waals surface area contributed by atoms with Gasteiger partial charge in [0.25, 0.3) is 0 Å². The minimum absolute atomic E-state index is 0.236. The molecule has 0 aromatic carbocycles. The van der Waals surface area contributed by atoms with Crippen molar-refractivity contribution < 1.29 is 0 Å². The maximum atomic E-state index is 3.64. The van der Waals surface area contributed by atoms with E-state index in [9.17, 15) is 0 Å². The molecule has 0 aliphatic carbocycles. The van der Waals surface area contributed by atoms with E-state index in [0.29, 0.717) is 0 Å². The molecule has 0 aromatic heterocycles. The van der Waals surface area contributed by atoms with Gasteiger partial charge in [-0.15, -0.1) is 6.58 Å². The van der Waals surface area contributed by atoms with Gasteiger partial charge < -0.3 is 0 Å². The van der Waals surface area contributed by atoms with Gasteiger partial charge in [-0.2, -0.15) is 0 Å². The molecule has 0 aliphatic heterocycles. The number of hydrogen-bond acceptors (Lipinski definition) is 2. The van der Waals surface area contributed by atoms with Gasteiger partial charge in [0, 0.05) is 0 Å². The van der Waals surface area contributed by atoms with Crippen LogP contribution in [-0.2, 0) is 0 Å². The Bertz CT molecular complexity index is 97.1. The van der Waals surface area contributed by atoms with E-state index >= 15 is 0 Å². The second kappa shape index (κ2) is 5.54. The van der Waals surface area contributed by atoms with E-state index in [2.05, 4.69) is 17.4 Å². The third kappa shape index (κ3) is 3.94. The molecule has 0 aliphatic rings. The lowest BCUT2D eigenvalue weighted by Crippen LogP contribution is -2.35. The lowest BCUT2D eigenvalue weighted by molar-refractivity contribution is 0.584. The van der Waals surface area contributed by atoms with Crippen LogP contribution in [0.1, 0.15) is 6.92 Å². The van der Waals surface area contributed by atoms with Gasteiger partial charge in [-0.1, -0.05) is 18.2 Å². The average molecular weight is 126 g/mol. The van der Waals surface area contributed by atoms with Gasteiger partial charge in [0.15, 0.2) is 0 Å². The Morgan fingerprint density at radius 2 is 2.22 bits per heavy atom. The molecular weight excluding hydrogens is 112 g/mol. The van der Waals surface area contributed by atoms with Crippen LogP contribution in [-0.4, -0.2) is 13.1 Å². The zero-order valence-electron chi connectivity index (χ0n) is 6.02. The van der Waals surface area contributed by atoms with Crippen LogP contribution in [0.3, 0.4) is 0 Å². The second-order valence-corrected chi connectivity index (χ2v) is 1.68. The Morgan fingerprint density at radius 1 is 1.56 bits per heavy atom. The molecule has 52 valence electrons. The van der Waals surface area contributed by atoms with Crippen molar-refractivity contribution in [3.05, 3.63) is 24.8 Å². The molecule has 0 fully saturated rings. The Balaban J connectivity index is 3.53. The van der Waals surface area contributed by atoms with E-state index in [4.69, 9.17) is 0 Å². The van der Waals surface area contributed by atoms with Crippen LogP contribution in [0.2, 0.25) is 0 Å². The molecule has 2 nitrogen and oxygen atoms in total. The van der Waals surface area contributed by atoms with Gasteiger partial charge in [0.1, 0.15) is 0 Å². The molecule has 0 heterocycles. The van der Waals surface area contributed by atoms with E-state index in [0.717, 1.165) is 0 Å². The monoisotopic (exact) mass is 126 g/mol. The fourth-order valence-electron chi connectivity index (χ4n) is 0.560. The third-order valence-corrected chi connectivity index (χ3v) is 0.965. The summed E-state index contributed by atoms with van der Waals surface area (Å²) in [5.41, 5.74) is 5.81. The summed E-state index contributed by atoms with van der Waals surface area (Å²) in [6.45, 7) is 5.62. The van der Waals surface area contributed by atoms with Crippen LogP contribution in [0, 0.1) is 0 Å². The lowest BCUT2D eigenvalue weighted by atomic mass is 10.3. The van der Waals surface area contributed by atoms with E-state index < -0.39 is 0 Å². The van der Waals surface area contributed by atoms with E-state index in [1.54, 1.807) is 0 Å². The first kappa shape index (κ1) is 8.40. The van der Waals surface area contributed by atoms with Gasteiger partial charge in [-0.3, -0.25) is 5.43 Å². The smallest absolute Gasteiger partial charge is 0.0570 e. The highest BCUT2D eigenvalue weighted by molar-refractivity contribution is 5.00. The molecule has 0 amide bonds. The fourth-order valence-corrected chi connectivity index (χ4v) is 0.560. The molecule has 1 atom stereocenters. The second-order valence-electron chi connectivity index (χ2n) is 1.68. The van der Waals surface area contributed by atoms with Crippen molar-refractivity contribution in [1.29, 1.82) is 0 Å². The summed E-state index contributed by atoms with van der Waals surface area (Å²) in [6.07, 6.45) is 5.83. The molecule has 0 saturated carbocycles. The van der Waals surface area contributed by atoms with Crippen molar-refractivity contribution in [2.24, 2.45) is 0 Å². The highest BCUT2D eigenvalue weighted by Crippen LogP contribution is 1.84. The van der Waals surface area contributed by atoms with Crippen molar-refractivity contribution in [2.75, 3.05) is 7.05 Å². The predicted octanol–water partition coefficient (Wildman–Crippen LogP) is 0.841. The highest BCUT2D eigenvalue weighted by Gasteiger charge is 1.91. The summed E-state index contributed by atoms with van der Waals surface area (Å²) in [4.78, 5) is 0. The maximum Gasteiger partial charge on any atom is 0.0570 e. The van der Waals surface area contributed by atoms with Crippen LogP contribution < -0.4 is 10.9 Å². The summed E-state index contributed by atoms with van der Waals surface area (Å²) in [6, 6.07) is 0.236. The Hall–Kier alpha value is -0.600. The molecule has 0 spiro atoms. The summed E-state index contributed by atoms with van der Waals surface area (Å²) in [5.74, 6) is 0. The number of allylic oxidation sites excluding steroid dienone is 1. The molecule has 1 unspecified atom stereocenters. The number of hydrogen-bond donors (Lipinski definition) is 2. The summed E-state index contributed by atoms with van der Waals surface area (Å²) in [7, 11) is 1.83. The van der Waals surface area contributed by atoms with Crippen LogP contribution in [0.25, 0.3) is 0 Å². The molecule has 2 heteroatoms. The minimum atomic E-state index is 0.236. The van der Waals surface area contributed by atoms with Crippen LogP contribution >= 0.6 is 0 Å². The van der Waals surface area contributed by atoms with E-state index in [-0.39, 0.29) is 6.04 Å². The zero-order valence-corrected chi connectivity index (χ0v) is 6.02. The first-order valence-corrected chi connectivity index (χ1v) is 3.02. The number of rotatable bonds is 4. The topological polar surface area (TPSA) is 24.1 Å². The summed E-state index contributed by atoms with van der Waals surface area (Å²) >= 11 is 0. The fraction of sp³-hybridized carbons (Fsp3) is 0.429. The zero-order chi connectivity index (χ0) is 7.11. The third-order valence-electron chi connectivity index (χ3n) is 0.965. The molecule has 0 radical (unpaired) electrons. The normalized spacial score (nSPS) is 14.0. The van der Waals surface area contributed by atoms with Crippen molar-refractivity contribution >= 4 is 0 Å². The van der Waals surface area contributed by atoms with E-state index in [1.807, 2.05) is 32.2 Å². The SMILES string of the molecule is C=CC(/C=C\C)NNC. The average Bonchev–Trinajstić information content (AvgIpc) is 1.88. The van der Waals surface area contributed by atoms with Crippen LogP contribution in [0.4, 0.5) is 0 Å².